The van der Waals surface area contributed by atoms with Crippen LogP contribution in [0.3, 0.4) is 0 Å². The minimum absolute atomic E-state index is 0.0188. The fourth-order valence-electron chi connectivity index (χ4n) is 1.56. The van der Waals surface area contributed by atoms with Gasteiger partial charge in [-0.3, -0.25) is 0 Å². The van der Waals surface area contributed by atoms with E-state index in [1.807, 2.05) is 13.8 Å². The highest BCUT2D eigenvalue weighted by Crippen LogP contribution is 2.36. The normalized spacial score (nSPS) is 13.9. The fraction of sp³-hybridized carbons (Fsp3) is 0.500. The Labute approximate surface area is 98.0 Å². The van der Waals surface area contributed by atoms with Gasteiger partial charge in [0.2, 0.25) is 0 Å². The molecule has 1 aromatic rings. The number of hydrogen-bond acceptors (Lipinski definition) is 2. The number of hydrogen-bond donors (Lipinski definition) is 1. The summed E-state index contributed by atoms with van der Waals surface area (Å²) in [6.45, 7) is 3.70. The molecule has 0 spiro atoms. The van der Waals surface area contributed by atoms with Gasteiger partial charge >= 0.3 is 6.18 Å². The highest BCUT2D eigenvalue weighted by molar-refractivity contribution is 5.40. The molecule has 96 valence electrons. The van der Waals surface area contributed by atoms with Crippen molar-refractivity contribution in [3.8, 4) is 5.75 Å². The van der Waals surface area contributed by atoms with Gasteiger partial charge in [-0.05, 0) is 29.2 Å². The van der Waals surface area contributed by atoms with Gasteiger partial charge in [0.15, 0.2) is 6.10 Å². The molecule has 1 unspecified atom stereocenters. The van der Waals surface area contributed by atoms with Gasteiger partial charge in [-0.2, -0.15) is 13.2 Å². The molecule has 0 aliphatic heterocycles. The molecule has 0 aromatic heterocycles. The van der Waals surface area contributed by atoms with E-state index in [9.17, 15) is 13.2 Å². The lowest BCUT2D eigenvalue weighted by molar-refractivity contribution is -0.206. The van der Waals surface area contributed by atoms with Gasteiger partial charge in [0.25, 0.3) is 0 Å². The van der Waals surface area contributed by atoms with E-state index in [-0.39, 0.29) is 11.5 Å². The summed E-state index contributed by atoms with van der Waals surface area (Å²) in [7, 11) is 1.46. The zero-order valence-corrected chi connectivity index (χ0v) is 9.88. The molecule has 1 rings (SSSR count). The van der Waals surface area contributed by atoms with Crippen molar-refractivity contribution in [2.45, 2.75) is 32.0 Å². The molecule has 0 amide bonds. The largest absolute Gasteiger partial charge is 0.496 e. The van der Waals surface area contributed by atoms with Crippen LogP contribution in [0.5, 0.6) is 5.75 Å². The molecular weight excluding hydrogens is 233 g/mol. The van der Waals surface area contributed by atoms with Crippen molar-refractivity contribution in [3.63, 3.8) is 0 Å². The van der Waals surface area contributed by atoms with Crippen LogP contribution in [0.1, 0.15) is 37.0 Å². The Kier molecular flexibility index (Phi) is 4.03. The molecule has 0 fully saturated rings. The van der Waals surface area contributed by atoms with E-state index in [0.29, 0.717) is 11.3 Å². The first-order chi connectivity index (χ1) is 7.77. The number of benzene rings is 1. The Hall–Kier alpha value is -1.23. The third kappa shape index (κ3) is 3.12. The standard InChI is InChI=1S/C12H15F3O2/c1-7(2)9-6-8(4-5-10(9)17-3)11(16)12(13,14)15/h4-7,11,16H,1-3H3. The van der Waals surface area contributed by atoms with E-state index in [2.05, 4.69) is 0 Å². The molecule has 1 atom stereocenters. The molecule has 0 saturated carbocycles. The molecule has 0 saturated heterocycles. The summed E-state index contributed by atoms with van der Waals surface area (Å²) in [4.78, 5) is 0. The molecular formula is C12H15F3O2. The summed E-state index contributed by atoms with van der Waals surface area (Å²) in [5.74, 6) is 0.545. The predicted octanol–water partition coefficient (Wildman–Crippen LogP) is 3.41. The van der Waals surface area contributed by atoms with Crippen LogP contribution >= 0.6 is 0 Å². The second kappa shape index (κ2) is 4.96. The van der Waals surface area contributed by atoms with Crippen LogP contribution in [-0.4, -0.2) is 18.4 Å². The Morgan fingerprint density at radius 2 is 1.82 bits per heavy atom. The van der Waals surface area contributed by atoms with Crippen LogP contribution in [0, 0.1) is 0 Å². The van der Waals surface area contributed by atoms with E-state index in [0.717, 1.165) is 0 Å². The average molecular weight is 248 g/mol. The van der Waals surface area contributed by atoms with E-state index in [1.54, 1.807) is 0 Å². The molecule has 0 bridgehead atoms. The monoisotopic (exact) mass is 248 g/mol. The van der Waals surface area contributed by atoms with Crippen LogP contribution in [0.25, 0.3) is 0 Å². The zero-order valence-electron chi connectivity index (χ0n) is 9.88. The Bertz CT molecular complexity index is 386. The second-order valence-electron chi connectivity index (χ2n) is 4.10. The van der Waals surface area contributed by atoms with Crippen molar-refractivity contribution in [2.24, 2.45) is 0 Å². The van der Waals surface area contributed by atoms with Crippen molar-refractivity contribution in [2.75, 3.05) is 7.11 Å². The predicted molar refractivity (Wildman–Crippen MR) is 58.1 cm³/mol. The summed E-state index contributed by atoms with van der Waals surface area (Å²) in [5.41, 5.74) is 0.482. The molecule has 1 aromatic carbocycles. The van der Waals surface area contributed by atoms with Crippen molar-refractivity contribution < 1.29 is 23.0 Å². The van der Waals surface area contributed by atoms with Crippen molar-refractivity contribution in [1.29, 1.82) is 0 Å². The van der Waals surface area contributed by atoms with E-state index < -0.39 is 12.3 Å². The summed E-state index contributed by atoms with van der Waals surface area (Å²) in [6, 6.07) is 4.00. The lowest BCUT2D eigenvalue weighted by Gasteiger charge is -2.18. The molecule has 0 aliphatic carbocycles. The Morgan fingerprint density at radius 3 is 2.24 bits per heavy atom. The van der Waals surface area contributed by atoms with E-state index in [1.165, 1.54) is 25.3 Å². The van der Waals surface area contributed by atoms with Crippen LogP contribution in [0.2, 0.25) is 0 Å². The van der Waals surface area contributed by atoms with E-state index in [4.69, 9.17) is 9.84 Å². The maximum atomic E-state index is 12.4. The van der Waals surface area contributed by atoms with Gasteiger partial charge in [-0.1, -0.05) is 19.9 Å². The first-order valence-electron chi connectivity index (χ1n) is 5.20. The highest BCUT2D eigenvalue weighted by atomic mass is 19.4. The van der Waals surface area contributed by atoms with Crippen molar-refractivity contribution >= 4 is 0 Å². The summed E-state index contributed by atoms with van der Waals surface area (Å²) in [6.07, 6.45) is -7.10. The maximum absolute atomic E-state index is 12.4. The first-order valence-corrected chi connectivity index (χ1v) is 5.20. The minimum atomic E-state index is -4.65. The average Bonchev–Trinajstić information content (AvgIpc) is 2.25. The van der Waals surface area contributed by atoms with Crippen LogP contribution in [0.15, 0.2) is 18.2 Å². The number of methoxy groups -OCH3 is 1. The van der Waals surface area contributed by atoms with Gasteiger partial charge in [0.1, 0.15) is 5.75 Å². The number of rotatable bonds is 3. The molecule has 0 aliphatic rings. The molecule has 0 heterocycles. The van der Waals surface area contributed by atoms with Crippen molar-refractivity contribution in [3.05, 3.63) is 29.3 Å². The Morgan fingerprint density at radius 1 is 1.24 bits per heavy atom. The highest BCUT2D eigenvalue weighted by Gasteiger charge is 2.39. The number of alkyl halides is 3. The van der Waals surface area contributed by atoms with Crippen molar-refractivity contribution in [1.82, 2.24) is 0 Å². The lowest BCUT2D eigenvalue weighted by atomic mass is 9.97. The quantitative estimate of drug-likeness (QED) is 0.888. The SMILES string of the molecule is COc1ccc(C(O)C(F)(F)F)cc1C(C)C. The van der Waals surface area contributed by atoms with Crippen LogP contribution in [0.4, 0.5) is 13.2 Å². The van der Waals surface area contributed by atoms with Gasteiger partial charge < -0.3 is 9.84 Å². The third-order valence-corrected chi connectivity index (χ3v) is 2.50. The summed E-state index contributed by atoms with van der Waals surface area (Å²) >= 11 is 0. The molecule has 17 heavy (non-hydrogen) atoms. The lowest BCUT2D eigenvalue weighted by Crippen LogP contribution is -2.20. The third-order valence-electron chi connectivity index (χ3n) is 2.50. The molecule has 2 nitrogen and oxygen atoms in total. The zero-order chi connectivity index (χ0) is 13.2. The number of aliphatic hydroxyl groups is 1. The summed E-state index contributed by atoms with van der Waals surface area (Å²) in [5, 5.41) is 9.16. The number of aliphatic hydroxyl groups excluding tert-OH is 1. The van der Waals surface area contributed by atoms with Gasteiger partial charge in [-0.15, -0.1) is 0 Å². The molecule has 0 radical (unpaired) electrons. The topological polar surface area (TPSA) is 29.5 Å². The second-order valence-corrected chi connectivity index (χ2v) is 4.10. The number of halogens is 3. The van der Waals surface area contributed by atoms with Crippen LogP contribution < -0.4 is 4.74 Å². The fourth-order valence-corrected chi connectivity index (χ4v) is 1.56. The Balaban J connectivity index is 3.17. The van der Waals surface area contributed by atoms with Gasteiger partial charge in [0.05, 0.1) is 7.11 Å². The maximum Gasteiger partial charge on any atom is 0.418 e. The number of ether oxygens (including phenoxy) is 1. The first kappa shape index (κ1) is 13.8. The van der Waals surface area contributed by atoms with Crippen LogP contribution in [-0.2, 0) is 0 Å². The van der Waals surface area contributed by atoms with Gasteiger partial charge in [0, 0.05) is 0 Å². The minimum Gasteiger partial charge on any atom is -0.496 e. The molecule has 1 N–H and O–H groups in total. The summed E-state index contributed by atoms with van der Waals surface area (Å²) < 4.78 is 42.2. The smallest absolute Gasteiger partial charge is 0.418 e. The van der Waals surface area contributed by atoms with Gasteiger partial charge in [-0.25, -0.2) is 0 Å². The van der Waals surface area contributed by atoms with E-state index >= 15 is 0 Å². The molecule has 5 heteroatoms.